The highest BCUT2D eigenvalue weighted by Gasteiger charge is 2.18. The zero-order valence-electron chi connectivity index (χ0n) is 19.2. The van der Waals surface area contributed by atoms with E-state index in [1.54, 1.807) is 18.2 Å². The highest BCUT2D eigenvalue weighted by molar-refractivity contribution is 6.03. The van der Waals surface area contributed by atoms with Crippen molar-refractivity contribution in [2.45, 2.75) is 0 Å². The number of carbonyl (C=O) groups excluding carboxylic acids is 2. The van der Waals surface area contributed by atoms with E-state index >= 15 is 0 Å². The Morgan fingerprint density at radius 3 is 1.54 bits per heavy atom. The number of aliphatic hydroxyl groups excluding tert-OH is 2. The largest absolute Gasteiger partial charge is 0.478 e. The van der Waals surface area contributed by atoms with Gasteiger partial charge >= 0.3 is 17.9 Å². The minimum Gasteiger partial charge on any atom is -0.478 e. The SMILES string of the molecule is O=C(O)/C=C/c1ccccc1.O=C(OCCOCCO)c1ccccc1C(=O)OCCOCCO. The predicted molar refractivity (Wildman–Crippen MR) is 126 cm³/mol. The van der Waals surface area contributed by atoms with Crippen LogP contribution in [-0.4, -0.2) is 86.1 Å². The van der Waals surface area contributed by atoms with Crippen molar-refractivity contribution in [3.05, 3.63) is 77.4 Å². The summed E-state index contributed by atoms with van der Waals surface area (Å²) < 4.78 is 20.0. The third kappa shape index (κ3) is 13.7. The summed E-state index contributed by atoms with van der Waals surface area (Å²) >= 11 is 0. The number of ether oxygens (including phenoxy) is 4. The minimum atomic E-state index is -0.922. The molecule has 3 N–H and O–H groups in total. The molecule has 10 nitrogen and oxygen atoms in total. The van der Waals surface area contributed by atoms with Crippen LogP contribution in [-0.2, 0) is 23.7 Å². The highest BCUT2D eigenvalue weighted by atomic mass is 16.6. The van der Waals surface area contributed by atoms with Crippen molar-refractivity contribution in [3.8, 4) is 0 Å². The molecule has 10 heteroatoms. The molecule has 0 saturated carbocycles. The smallest absolute Gasteiger partial charge is 0.339 e. The number of rotatable bonds is 14. The minimum absolute atomic E-state index is 0.0111. The van der Waals surface area contributed by atoms with Gasteiger partial charge in [-0.3, -0.25) is 0 Å². The Kier molecular flexibility index (Phi) is 15.8. The van der Waals surface area contributed by atoms with E-state index in [1.165, 1.54) is 12.1 Å². The fourth-order valence-electron chi connectivity index (χ4n) is 2.45. The normalized spacial score (nSPS) is 10.3. The van der Waals surface area contributed by atoms with Crippen molar-refractivity contribution in [1.29, 1.82) is 0 Å². The Morgan fingerprint density at radius 2 is 1.11 bits per heavy atom. The molecule has 0 amide bonds. The zero-order valence-corrected chi connectivity index (χ0v) is 19.2. The lowest BCUT2D eigenvalue weighted by atomic mass is 10.1. The van der Waals surface area contributed by atoms with Crippen molar-refractivity contribution in [2.75, 3.05) is 52.9 Å². The number of aliphatic hydroxyl groups is 2. The van der Waals surface area contributed by atoms with Gasteiger partial charge in [0.1, 0.15) is 13.2 Å². The van der Waals surface area contributed by atoms with Crippen molar-refractivity contribution in [3.63, 3.8) is 0 Å². The van der Waals surface area contributed by atoms with Crippen LogP contribution in [0, 0.1) is 0 Å². The number of hydrogen-bond donors (Lipinski definition) is 3. The molecule has 0 bridgehead atoms. The Bertz CT molecular complexity index is 866. The topological polar surface area (TPSA) is 149 Å². The van der Waals surface area contributed by atoms with Gasteiger partial charge in [0.2, 0.25) is 0 Å². The number of aliphatic carboxylic acids is 1. The molecule has 0 radical (unpaired) electrons. The molecule has 0 aliphatic carbocycles. The van der Waals surface area contributed by atoms with Crippen LogP contribution in [0.2, 0.25) is 0 Å². The van der Waals surface area contributed by atoms with Crippen LogP contribution in [0.5, 0.6) is 0 Å². The molecule has 0 saturated heterocycles. The maximum absolute atomic E-state index is 12.0. The van der Waals surface area contributed by atoms with Crippen molar-refractivity contribution >= 4 is 24.0 Å². The number of esters is 2. The summed E-state index contributed by atoms with van der Waals surface area (Å²) in [5, 5.41) is 25.4. The summed E-state index contributed by atoms with van der Waals surface area (Å²) in [6, 6.07) is 15.5. The fourth-order valence-corrected chi connectivity index (χ4v) is 2.45. The molecule has 0 unspecified atom stereocenters. The number of carboxylic acids is 1. The molecule has 0 heterocycles. The van der Waals surface area contributed by atoms with Crippen LogP contribution >= 0.6 is 0 Å². The second kappa shape index (κ2) is 18.8. The van der Waals surface area contributed by atoms with Crippen LogP contribution in [0.4, 0.5) is 0 Å². The Labute approximate surface area is 203 Å². The Morgan fingerprint density at radius 1 is 0.657 bits per heavy atom. The number of benzene rings is 2. The first kappa shape index (κ1) is 29.5. The van der Waals surface area contributed by atoms with E-state index < -0.39 is 17.9 Å². The molecule has 2 aromatic rings. The van der Waals surface area contributed by atoms with Gasteiger partial charge in [-0.15, -0.1) is 0 Å². The van der Waals surface area contributed by atoms with Gasteiger partial charge in [-0.25, -0.2) is 14.4 Å². The summed E-state index contributed by atoms with van der Waals surface area (Å²) in [5.74, 6) is -2.24. The first-order valence-corrected chi connectivity index (χ1v) is 10.8. The Hall–Kier alpha value is -3.57. The van der Waals surface area contributed by atoms with Crippen LogP contribution in [0.25, 0.3) is 6.08 Å². The Balaban J connectivity index is 0.000000462. The van der Waals surface area contributed by atoms with Gasteiger partial charge < -0.3 is 34.3 Å². The average molecular weight is 491 g/mol. The molecular weight excluding hydrogens is 460 g/mol. The summed E-state index contributed by atoms with van der Waals surface area (Å²) in [6.07, 6.45) is 2.68. The molecule has 2 aromatic carbocycles. The summed E-state index contributed by atoms with van der Waals surface area (Å²) in [5.41, 5.74) is 1.09. The molecule has 0 aromatic heterocycles. The lowest BCUT2D eigenvalue weighted by Crippen LogP contribution is -2.18. The lowest BCUT2D eigenvalue weighted by molar-refractivity contribution is -0.131. The van der Waals surface area contributed by atoms with E-state index in [-0.39, 0.29) is 64.0 Å². The van der Waals surface area contributed by atoms with E-state index in [0.717, 1.165) is 11.6 Å². The van der Waals surface area contributed by atoms with Gasteiger partial charge in [-0.1, -0.05) is 42.5 Å². The first-order chi connectivity index (χ1) is 17.0. The zero-order chi connectivity index (χ0) is 25.7. The monoisotopic (exact) mass is 490 g/mol. The fraction of sp³-hybridized carbons (Fsp3) is 0.320. The van der Waals surface area contributed by atoms with Gasteiger partial charge in [0, 0.05) is 6.08 Å². The lowest BCUT2D eigenvalue weighted by Gasteiger charge is -2.10. The van der Waals surface area contributed by atoms with Gasteiger partial charge in [0.15, 0.2) is 0 Å². The molecule has 0 aliphatic heterocycles. The predicted octanol–water partition coefficient (Wildman–Crippen LogP) is 1.80. The highest BCUT2D eigenvalue weighted by Crippen LogP contribution is 2.12. The maximum Gasteiger partial charge on any atom is 0.339 e. The second-order valence-corrected chi connectivity index (χ2v) is 6.57. The second-order valence-electron chi connectivity index (χ2n) is 6.57. The molecule has 0 aliphatic rings. The third-order valence-electron chi connectivity index (χ3n) is 3.98. The molecule has 0 atom stereocenters. The van der Waals surface area contributed by atoms with Crippen molar-refractivity contribution in [1.82, 2.24) is 0 Å². The number of carboxylic acid groups (broad SMARTS) is 1. The van der Waals surface area contributed by atoms with Crippen molar-refractivity contribution in [2.24, 2.45) is 0 Å². The van der Waals surface area contributed by atoms with E-state index in [2.05, 4.69) is 0 Å². The first-order valence-electron chi connectivity index (χ1n) is 10.8. The number of hydrogen-bond acceptors (Lipinski definition) is 9. The molecular formula is C25H30O10. The standard InChI is InChI=1S/C16H22O8.C9H8O2/c17-5-7-21-9-11-23-15(19)13-3-1-2-4-14(13)16(20)24-12-10-22-8-6-18;10-9(11)7-6-8-4-2-1-3-5-8/h1-4,17-18H,5-12H2;1-7H,(H,10,11)/b;7-6+. The average Bonchev–Trinajstić information content (AvgIpc) is 2.88. The molecule has 190 valence electrons. The van der Waals surface area contributed by atoms with Crippen LogP contribution in [0.3, 0.4) is 0 Å². The summed E-state index contributed by atoms with van der Waals surface area (Å²) in [4.78, 5) is 34.1. The van der Waals surface area contributed by atoms with Gasteiger partial charge in [0.05, 0.1) is 50.8 Å². The van der Waals surface area contributed by atoms with E-state index in [4.69, 9.17) is 34.3 Å². The quantitative estimate of drug-likeness (QED) is 0.203. The van der Waals surface area contributed by atoms with E-state index in [9.17, 15) is 14.4 Å². The van der Waals surface area contributed by atoms with Gasteiger partial charge in [-0.05, 0) is 23.8 Å². The van der Waals surface area contributed by atoms with Gasteiger partial charge in [-0.2, -0.15) is 0 Å². The summed E-state index contributed by atoms with van der Waals surface area (Å²) in [7, 11) is 0. The molecule has 0 spiro atoms. The number of carbonyl (C=O) groups is 3. The third-order valence-corrected chi connectivity index (χ3v) is 3.98. The van der Waals surface area contributed by atoms with E-state index in [1.807, 2.05) is 30.3 Å². The summed E-state index contributed by atoms with van der Waals surface area (Å²) in [6.45, 7) is 0.448. The molecule has 35 heavy (non-hydrogen) atoms. The molecule has 0 fully saturated rings. The molecule has 2 rings (SSSR count). The maximum atomic E-state index is 12.0. The van der Waals surface area contributed by atoms with Crippen LogP contribution < -0.4 is 0 Å². The van der Waals surface area contributed by atoms with Crippen LogP contribution in [0.15, 0.2) is 60.7 Å². The van der Waals surface area contributed by atoms with E-state index in [0.29, 0.717) is 0 Å². The van der Waals surface area contributed by atoms with Crippen molar-refractivity contribution < 1.29 is 48.7 Å². The van der Waals surface area contributed by atoms with Gasteiger partial charge in [0.25, 0.3) is 0 Å². The van der Waals surface area contributed by atoms with Crippen LogP contribution in [0.1, 0.15) is 26.3 Å².